The minimum absolute atomic E-state index is 0.401. The maximum atomic E-state index is 12.8. The standard InChI is InChI=1S/C31H28F3NO4/c1-19-27(26(36)4-2-3-20-5-13-25(14-6-20)31(32,33)34)28(39-35-19)23-9-7-21(8-10-23)22-11-15-24(16-12-22)30(17-18-30)29(37)38/h5-16,26,36H,2-4,17-18H2,1H3,(H,37,38). The van der Waals surface area contributed by atoms with E-state index >= 15 is 0 Å². The summed E-state index contributed by atoms with van der Waals surface area (Å²) in [5.41, 5.74) is 4.05. The molecule has 1 aliphatic carbocycles. The van der Waals surface area contributed by atoms with Crippen LogP contribution in [0.2, 0.25) is 0 Å². The first-order valence-electron chi connectivity index (χ1n) is 12.8. The van der Waals surface area contributed by atoms with Gasteiger partial charge >= 0.3 is 12.1 Å². The van der Waals surface area contributed by atoms with E-state index in [1.807, 2.05) is 48.5 Å². The lowest BCUT2D eigenvalue weighted by Gasteiger charge is -2.13. The predicted molar refractivity (Wildman–Crippen MR) is 140 cm³/mol. The molecule has 0 radical (unpaired) electrons. The number of aromatic nitrogens is 1. The van der Waals surface area contributed by atoms with Crippen LogP contribution in [0.25, 0.3) is 22.5 Å². The zero-order valence-electron chi connectivity index (χ0n) is 21.3. The van der Waals surface area contributed by atoms with Gasteiger partial charge in [-0.3, -0.25) is 4.79 Å². The van der Waals surface area contributed by atoms with Crippen molar-refractivity contribution in [1.82, 2.24) is 5.16 Å². The molecule has 1 fully saturated rings. The van der Waals surface area contributed by atoms with Crippen molar-refractivity contribution in [3.8, 4) is 22.5 Å². The Labute approximate surface area is 223 Å². The number of aliphatic carboxylic acids is 1. The smallest absolute Gasteiger partial charge is 0.416 e. The van der Waals surface area contributed by atoms with Gasteiger partial charge in [0, 0.05) is 5.56 Å². The van der Waals surface area contributed by atoms with Crippen molar-refractivity contribution in [2.45, 2.75) is 56.7 Å². The zero-order chi connectivity index (χ0) is 27.8. The molecule has 1 aliphatic rings. The summed E-state index contributed by atoms with van der Waals surface area (Å²) < 4.78 is 43.9. The van der Waals surface area contributed by atoms with Crippen molar-refractivity contribution >= 4 is 5.97 Å². The van der Waals surface area contributed by atoms with Crippen LogP contribution in [0.4, 0.5) is 13.2 Å². The number of aryl methyl sites for hydroxylation is 2. The number of alkyl halides is 3. The summed E-state index contributed by atoms with van der Waals surface area (Å²) in [6, 6.07) is 20.4. The molecule has 1 unspecified atom stereocenters. The number of benzene rings is 3. The Hall–Kier alpha value is -3.91. The fourth-order valence-electron chi connectivity index (χ4n) is 5.03. The first kappa shape index (κ1) is 26.7. The van der Waals surface area contributed by atoms with Crippen molar-refractivity contribution in [2.75, 3.05) is 0 Å². The van der Waals surface area contributed by atoms with Crippen molar-refractivity contribution in [2.24, 2.45) is 0 Å². The maximum absolute atomic E-state index is 12.8. The van der Waals surface area contributed by atoms with Gasteiger partial charge in [-0.05, 0) is 73.4 Å². The zero-order valence-corrected chi connectivity index (χ0v) is 21.3. The average molecular weight is 536 g/mol. The Kier molecular flexibility index (Phi) is 7.07. The summed E-state index contributed by atoms with van der Waals surface area (Å²) in [7, 11) is 0. The first-order chi connectivity index (χ1) is 18.6. The second-order valence-electron chi connectivity index (χ2n) is 10.2. The fraction of sp³-hybridized carbons (Fsp3) is 0.290. The molecule has 1 aromatic heterocycles. The molecule has 5 nitrogen and oxygen atoms in total. The van der Waals surface area contributed by atoms with Gasteiger partial charge in [0.1, 0.15) is 0 Å². The highest BCUT2D eigenvalue weighted by molar-refractivity contribution is 5.85. The van der Waals surface area contributed by atoms with Crippen molar-refractivity contribution in [3.05, 3.63) is 101 Å². The van der Waals surface area contributed by atoms with E-state index in [-0.39, 0.29) is 0 Å². The summed E-state index contributed by atoms with van der Waals surface area (Å²) in [6.45, 7) is 1.76. The quantitative estimate of drug-likeness (QED) is 0.232. The molecule has 3 aromatic carbocycles. The van der Waals surface area contributed by atoms with Crippen LogP contribution in [0.15, 0.2) is 77.3 Å². The van der Waals surface area contributed by atoms with E-state index in [1.54, 1.807) is 6.92 Å². The summed E-state index contributed by atoms with van der Waals surface area (Å²) in [5.74, 6) is -0.298. The molecule has 4 aromatic rings. The topological polar surface area (TPSA) is 83.6 Å². The number of aliphatic hydroxyl groups excluding tert-OH is 1. The monoisotopic (exact) mass is 535 g/mol. The van der Waals surface area contributed by atoms with Gasteiger partial charge in [0.25, 0.3) is 0 Å². The van der Waals surface area contributed by atoms with E-state index in [0.29, 0.717) is 49.1 Å². The van der Waals surface area contributed by atoms with Crippen LogP contribution < -0.4 is 0 Å². The summed E-state index contributed by atoms with van der Waals surface area (Å²) in [6.07, 6.45) is -2.35. The van der Waals surface area contributed by atoms with Crippen LogP contribution in [0.5, 0.6) is 0 Å². The van der Waals surface area contributed by atoms with Gasteiger partial charge in [-0.15, -0.1) is 0 Å². The normalized spacial score (nSPS) is 15.2. The van der Waals surface area contributed by atoms with Gasteiger partial charge in [-0.25, -0.2) is 0 Å². The molecule has 2 N–H and O–H groups in total. The van der Waals surface area contributed by atoms with Gasteiger partial charge in [0.15, 0.2) is 5.76 Å². The lowest BCUT2D eigenvalue weighted by molar-refractivity contribution is -0.140. The molecule has 202 valence electrons. The first-order valence-corrected chi connectivity index (χ1v) is 12.8. The number of hydrogen-bond acceptors (Lipinski definition) is 4. The van der Waals surface area contributed by atoms with Gasteiger partial charge < -0.3 is 14.7 Å². The molecule has 1 atom stereocenters. The molecule has 1 saturated carbocycles. The Balaban J connectivity index is 1.25. The molecule has 0 aliphatic heterocycles. The van der Waals surface area contributed by atoms with Crippen molar-refractivity contribution in [1.29, 1.82) is 0 Å². The molecular formula is C31H28F3NO4. The number of nitrogens with zero attached hydrogens (tertiary/aromatic N) is 1. The molecule has 0 saturated heterocycles. The second-order valence-corrected chi connectivity index (χ2v) is 10.2. The van der Waals surface area contributed by atoms with Crippen LogP contribution in [-0.2, 0) is 22.8 Å². The second kappa shape index (κ2) is 10.3. The molecule has 0 spiro atoms. The van der Waals surface area contributed by atoms with E-state index < -0.39 is 29.2 Å². The minimum atomic E-state index is -4.36. The van der Waals surface area contributed by atoms with Crippen molar-refractivity contribution < 1.29 is 32.7 Å². The highest BCUT2D eigenvalue weighted by Gasteiger charge is 2.51. The number of carboxylic acid groups (broad SMARTS) is 1. The third-order valence-electron chi connectivity index (χ3n) is 7.54. The van der Waals surface area contributed by atoms with E-state index in [2.05, 4.69) is 5.16 Å². The van der Waals surface area contributed by atoms with Gasteiger partial charge in [0.05, 0.1) is 28.3 Å². The number of halogens is 3. The highest BCUT2D eigenvalue weighted by atomic mass is 19.4. The minimum Gasteiger partial charge on any atom is -0.481 e. The van der Waals surface area contributed by atoms with Gasteiger partial charge in [-0.2, -0.15) is 13.2 Å². The molecule has 8 heteroatoms. The van der Waals surface area contributed by atoms with Crippen LogP contribution >= 0.6 is 0 Å². The van der Waals surface area contributed by atoms with E-state index in [1.165, 1.54) is 12.1 Å². The molecule has 5 rings (SSSR count). The molecular weight excluding hydrogens is 507 g/mol. The maximum Gasteiger partial charge on any atom is 0.416 e. The molecule has 0 bridgehead atoms. The number of aliphatic hydroxyl groups is 1. The number of hydrogen-bond donors (Lipinski definition) is 2. The van der Waals surface area contributed by atoms with E-state index in [9.17, 15) is 28.2 Å². The largest absolute Gasteiger partial charge is 0.481 e. The Morgan fingerprint density at radius 3 is 2.05 bits per heavy atom. The van der Waals surface area contributed by atoms with Crippen LogP contribution in [-0.4, -0.2) is 21.3 Å². The van der Waals surface area contributed by atoms with Gasteiger partial charge in [0.2, 0.25) is 0 Å². The van der Waals surface area contributed by atoms with Crippen LogP contribution in [0, 0.1) is 6.92 Å². The average Bonchev–Trinajstić information content (AvgIpc) is 3.65. The van der Waals surface area contributed by atoms with Crippen molar-refractivity contribution in [3.63, 3.8) is 0 Å². The van der Waals surface area contributed by atoms with E-state index in [4.69, 9.17) is 4.52 Å². The summed E-state index contributed by atoms with van der Waals surface area (Å²) >= 11 is 0. The number of rotatable bonds is 9. The lowest BCUT2D eigenvalue weighted by Crippen LogP contribution is -2.19. The Morgan fingerprint density at radius 1 is 0.949 bits per heavy atom. The Morgan fingerprint density at radius 2 is 1.51 bits per heavy atom. The lowest BCUT2D eigenvalue weighted by atomic mass is 9.93. The number of carboxylic acids is 1. The van der Waals surface area contributed by atoms with Gasteiger partial charge in [-0.1, -0.05) is 65.8 Å². The highest BCUT2D eigenvalue weighted by Crippen LogP contribution is 2.48. The van der Waals surface area contributed by atoms with Crippen LogP contribution in [0.1, 0.15) is 59.7 Å². The van der Waals surface area contributed by atoms with Crippen LogP contribution in [0.3, 0.4) is 0 Å². The van der Waals surface area contributed by atoms with E-state index in [0.717, 1.165) is 39.9 Å². The predicted octanol–water partition coefficient (Wildman–Crippen LogP) is 7.51. The third kappa shape index (κ3) is 5.47. The molecule has 0 amide bonds. The number of carbonyl (C=O) groups is 1. The summed E-state index contributed by atoms with van der Waals surface area (Å²) in [4.78, 5) is 11.6. The molecule has 39 heavy (non-hydrogen) atoms. The third-order valence-corrected chi connectivity index (χ3v) is 7.54. The fourth-order valence-corrected chi connectivity index (χ4v) is 5.03. The summed E-state index contributed by atoms with van der Waals surface area (Å²) in [5, 5.41) is 24.5. The SMILES string of the molecule is Cc1noc(-c2ccc(-c3ccc(C4(C(=O)O)CC4)cc3)cc2)c1C(O)CCCc1ccc(C(F)(F)F)cc1. The Bertz CT molecular complexity index is 1450. The molecule has 1 heterocycles.